The number of nitrogens with zero attached hydrogens (tertiary/aromatic N) is 3. The summed E-state index contributed by atoms with van der Waals surface area (Å²) in [6.45, 7) is 5.11. The molecule has 3 rings (SSSR count). The van der Waals surface area contributed by atoms with E-state index in [4.69, 9.17) is 0 Å². The lowest BCUT2D eigenvalue weighted by molar-refractivity contribution is 0.350. The van der Waals surface area contributed by atoms with Crippen LogP contribution in [-0.4, -0.2) is 34.9 Å². The van der Waals surface area contributed by atoms with Gasteiger partial charge < -0.3 is 4.57 Å². The Hall–Kier alpha value is -1.66. The highest BCUT2D eigenvalue weighted by atomic mass is 32.2. The van der Waals surface area contributed by atoms with E-state index in [2.05, 4.69) is 4.98 Å². The predicted molar refractivity (Wildman–Crippen MR) is 85.1 cm³/mol. The molecule has 0 spiro atoms. The molecule has 1 atom stereocenters. The van der Waals surface area contributed by atoms with Gasteiger partial charge in [0.25, 0.3) is 0 Å². The molecule has 0 N–H and O–H groups in total. The third-order valence-electron chi connectivity index (χ3n) is 4.25. The molecule has 0 saturated carbocycles. The molecule has 1 aliphatic rings. The van der Waals surface area contributed by atoms with Crippen LogP contribution in [0.4, 0.5) is 0 Å². The molecule has 1 fully saturated rings. The number of imidazole rings is 1. The summed E-state index contributed by atoms with van der Waals surface area (Å²) in [5.74, 6) is 0.916. The monoisotopic (exact) mass is 319 g/mol. The summed E-state index contributed by atoms with van der Waals surface area (Å²) in [6.07, 6.45) is 5.46. The number of hydrogen-bond donors (Lipinski definition) is 0. The molecule has 6 heteroatoms. The van der Waals surface area contributed by atoms with Gasteiger partial charge in [-0.2, -0.15) is 4.31 Å². The fourth-order valence-electron chi connectivity index (χ4n) is 3.04. The first-order valence-corrected chi connectivity index (χ1v) is 8.99. The number of aryl methyl sites for hydroxylation is 2. The van der Waals surface area contributed by atoms with Crippen LogP contribution in [0.15, 0.2) is 41.6 Å². The molecule has 1 aliphatic heterocycles. The molecule has 0 amide bonds. The highest BCUT2D eigenvalue weighted by molar-refractivity contribution is 7.89. The average Bonchev–Trinajstić information content (AvgIpc) is 3.10. The third kappa shape index (κ3) is 2.80. The van der Waals surface area contributed by atoms with E-state index in [0.29, 0.717) is 18.0 Å². The lowest BCUT2D eigenvalue weighted by atomic mass is 10.2. The first-order chi connectivity index (χ1) is 10.5. The summed E-state index contributed by atoms with van der Waals surface area (Å²) in [5, 5.41) is 0. The van der Waals surface area contributed by atoms with Crippen LogP contribution >= 0.6 is 0 Å². The zero-order chi connectivity index (χ0) is 15.7. The first kappa shape index (κ1) is 15.2. The van der Waals surface area contributed by atoms with Gasteiger partial charge in [-0.3, -0.25) is 0 Å². The summed E-state index contributed by atoms with van der Waals surface area (Å²) in [6, 6.07) is 7.13. The quantitative estimate of drug-likeness (QED) is 0.869. The van der Waals surface area contributed by atoms with Gasteiger partial charge in [-0.1, -0.05) is 12.1 Å². The second-order valence-corrected chi connectivity index (χ2v) is 7.75. The van der Waals surface area contributed by atoms with E-state index in [1.54, 1.807) is 28.7 Å². The van der Waals surface area contributed by atoms with Crippen molar-refractivity contribution in [2.75, 3.05) is 6.54 Å². The summed E-state index contributed by atoms with van der Waals surface area (Å²) in [4.78, 5) is 4.60. The summed E-state index contributed by atoms with van der Waals surface area (Å²) in [5.41, 5.74) is 0.960. The lowest BCUT2D eigenvalue weighted by Gasteiger charge is -2.25. The molecule has 0 radical (unpaired) electrons. The van der Waals surface area contributed by atoms with Gasteiger partial charge in [0.1, 0.15) is 5.82 Å². The van der Waals surface area contributed by atoms with E-state index in [-0.39, 0.29) is 6.04 Å². The minimum atomic E-state index is -3.43. The van der Waals surface area contributed by atoms with Crippen LogP contribution in [0.1, 0.15) is 24.2 Å². The molecule has 2 heterocycles. The van der Waals surface area contributed by atoms with Crippen LogP contribution in [0.2, 0.25) is 0 Å². The first-order valence-electron chi connectivity index (χ1n) is 7.55. The lowest BCUT2D eigenvalue weighted by Crippen LogP contribution is -2.38. The van der Waals surface area contributed by atoms with Crippen LogP contribution < -0.4 is 0 Å². The molecule has 1 aromatic heterocycles. The van der Waals surface area contributed by atoms with E-state index in [0.717, 1.165) is 24.2 Å². The van der Waals surface area contributed by atoms with Gasteiger partial charge in [0.15, 0.2) is 0 Å². The zero-order valence-corrected chi connectivity index (χ0v) is 13.8. The van der Waals surface area contributed by atoms with Gasteiger partial charge >= 0.3 is 0 Å². The Balaban J connectivity index is 1.87. The molecule has 2 aromatic rings. The van der Waals surface area contributed by atoms with Crippen LogP contribution in [0.5, 0.6) is 0 Å². The van der Waals surface area contributed by atoms with Crippen molar-refractivity contribution in [1.29, 1.82) is 0 Å². The van der Waals surface area contributed by atoms with Gasteiger partial charge in [0, 0.05) is 31.5 Å². The number of rotatable bonds is 4. The van der Waals surface area contributed by atoms with Gasteiger partial charge in [-0.25, -0.2) is 13.4 Å². The Labute approximate surface area is 131 Å². The molecule has 118 valence electrons. The molecule has 0 bridgehead atoms. The van der Waals surface area contributed by atoms with Gasteiger partial charge in [-0.15, -0.1) is 0 Å². The Morgan fingerprint density at radius 3 is 2.82 bits per heavy atom. The molecule has 1 aromatic carbocycles. The number of hydrogen-bond acceptors (Lipinski definition) is 3. The van der Waals surface area contributed by atoms with Crippen LogP contribution in [0.25, 0.3) is 0 Å². The molecule has 5 nitrogen and oxygen atoms in total. The number of sulfonamides is 1. The van der Waals surface area contributed by atoms with Crippen molar-refractivity contribution in [2.45, 2.75) is 44.2 Å². The van der Waals surface area contributed by atoms with Gasteiger partial charge in [-0.05, 0) is 44.4 Å². The standard InChI is InChI=1S/C16H21N3O2S/c1-13-5-3-7-16(11-13)22(20,21)19-9-4-6-15(19)12-18-10-8-17-14(18)2/h3,5,7-8,10-11,15H,4,6,9,12H2,1-2H3. The Morgan fingerprint density at radius 1 is 1.32 bits per heavy atom. The van der Waals surface area contributed by atoms with Crippen molar-refractivity contribution in [3.63, 3.8) is 0 Å². The maximum Gasteiger partial charge on any atom is 0.243 e. The van der Waals surface area contributed by atoms with Gasteiger partial charge in [0.05, 0.1) is 4.90 Å². The fraction of sp³-hybridized carbons (Fsp3) is 0.438. The third-order valence-corrected chi connectivity index (χ3v) is 6.20. The van der Waals surface area contributed by atoms with E-state index in [1.807, 2.05) is 30.7 Å². The van der Waals surface area contributed by atoms with Crippen molar-refractivity contribution in [2.24, 2.45) is 0 Å². The minimum absolute atomic E-state index is 0.00147. The van der Waals surface area contributed by atoms with Crippen molar-refractivity contribution in [1.82, 2.24) is 13.9 Å². The fourth-order valence-corrected chi connectivity index (χ4v) is 4.83. The molecule has 1 saturated heterocycles. The summed E-state index contributed by atoms with van der Waals surface area (Å²) >= 11 is 0. The van der Waals surface area contributed by atoms with Crippen LogP contribution in [0.3, 0.4) is 0 Å². The normalized spacial score (nSPS) is 19.6. The zero-order valence-electron chi connectivity index (χ0n) is 12.9. The number of aromatic nitrogens is 2. The maximum atomic E-state index is 12.9. The highest BCUT2D eigenvalue weighted by Crippen LogP contribution is 2.27. The topological polar surface area (TPSA) is 55.2 Å². The van der Waals surface area contributed by atoms with Crippen molar-refractivity contribution >= 4 is 10.0 Å². The van der Waals surface area contributed by atoms with Gasteiger partial charge in [0.2, 0.25) is 10.0 Å². The van der Waals surface area contributed by atoms with E-state index in [9.17, 15) is 8.42 Å². The second-order valence-electron chi connectivity index (χ2n) is 5.86. The minimum Gasteiger partial charge on any atom is -0.334 e. The summed E-state index contributed by atoms with van der Waals surface area (Å²) < 4.78 is 29.5. The van der Waals surface area contributed by atoms with E-state index >= 15 is 0 Å². The average molecular weight is 319 g/mol. The maximum absolute atomic E-state index is 12.9. The Bertz CT molecular complexity index is 767. The molecule has 0 aliphatic carbocycles. The number of benzene rings is 1. The molecule has 1 unspecified atom stereocenters. The van der Waals surface area contributed by atoms with Crippen LogP contribution in [-0.2, 0) is 16.6 Å². The predicted octanol–water partition coefficient (Wildman–Crippen LogP) is 2.35. The van der Waals surface area contributed by atoms with E-state index in [1.165, 1.54) is 0 Å². The largest absolute Gasteiger partial charge is 0.334 e. The van der Waals surface area contributed by atoms with E-state index < -0.39 is 10.0 Å². The SMILES string of the molecule is Cc1cccc(S(=O)(=O)N2CCCC2Cn2ccnc2C)c1. The second kappa shape index (κ2) is 5.85. The Kier molecular flexibility index (Phi) is 4.06. The van der Waals surface area contributed by atoms with Crippen molar-refractivity contribution in [3.05, 3.63) is 48.0 Å². The molecular formula is C16H21N3O2S. The van der Waals surface area contributed by atoms with Crippen LogP contribution in [0, 0.1) is 13.8 Å². The summed E-state index contributed by atoms with van der Waals surface area (Å²) in [7, 11) is -3.43. The molecular weight excluding hydrogens is 298 g/mol. The van der Waals surface area contributed by atoms with Crippen molar-refractivity contribution in [3.8, 4) is 0 Å². The Morgan fingerprint density at radius 2 is 2.14 bits per heavy atom. The molecule has 22 heavy (non-hydrogen) atoms. The van der Waals surface area contributed by atoms with Crippen molar-refractivity contribution < 1.29 is 8.42 Å². The smallest absolute Gasteiger partial charge is 0.243 e. The highest BCUT2D eigenvalue weighted by Gasteiger charge is 2.35.